The van der Waals surface area contributed by atoms with Crippen LogP contribution in [0.4, 0.5) is 0 Å². The third-order valence-corrected chi connectivity index (χ3v) is 2.93. The standard InChI is InChI=1S/C11H16O2Si/c1-3-12-11(13-4-2)14-10-8-6-5-7-9-10/h5-9,11H,3-4H2,1-2H3. The van der Waals surface area contributed by atoms with Crippen molar-refractivity contribution in [2.24, 2.45) is 0 Å². The molecule has 0 aromatic heterocycles. The number of ether oxygens (including phenoxy) is 2. The Hall–Kier alpha value is -0.643. The van der Waals surface area contributed by atoms with E-state index >= 15 is 0 Å². The van der Waals surface area contributed by atoms with Gasteiger partial charge in [-0.05, 0) is 13.8 Å². The Morgan fingerprint density at radius 3 is 2.14 bits per heavy atom. The molecule has 2 radical (unpaired) electrons. The van der Waals surface area contributed by atoms with E-state index in [4.69, 9.17) is 9.47 Å². The lowest BCUT2D eigenvalue weighted by atomic mass is 10.4. The summed E-state index contributed by atoms with van der Waals surface area (Å²) in [5.41, 5.74) is 0. The van der Waals surface area contributed by atoms with Crippen LogP contribution in [0.5, 0.6) is 0 Å². The Morgan fingerprint density at radius 2 is 1.64 bits per heavy atom. The topological polar surface area (TPSA) is 18.5 Å². The molecule has 0 N–H and O–H groups in total. The van der Waals surface area contributed by atoms with Crippen LogP contribution in [0.2, 0.25) is 0 Å². The van der Waals surface area contributed by atoms with Gasteiger partial charge in [0, 0.05) is 13.2 Å². The zero-order valence-electron chi connectivity index (χ0n) is 8.69. The summed E-state index contributed by atoms with van der Waals surface area (Å²) in [6, 6.07) is 10.3. The van der Waals surface area contributed by atoms with Gasteiger partial charge in [-0.3, -0.25) is 0 Å². The highest BCUT2D eigenvalue weighted by molar-refractivity contribution is 6.54. The van der Waals surface area contributed by atoms with Crippen LogP contribution in [0.15, 0.2) is 30.3 Å². The van der Waals surface area contributed by atoms with Crippen molar-refractivity contribution in [1.29, 1.82) is 0 Å². The van der Waals surface area contributed by atoms with E-state index in [0.29, 0.717) is 22.7 Å². The number of benzene rings is 1. The van der Waals surface area contributed by atoms with Crippen molar-refractivity contribution in [3.8, 4) is 0 Å². The van der Waals surface area contributed by atoms with Gasteiger partial charge in [-0.1, -0.05) is 35.5 Å². The highest BCUT2D eigenvalue weighted by atomic mass is 28.2. The van der Waals surface area contributed by atoms with Gasteiger partial charge >= 0.3 is 0 Å². The van der Waals surface area contributed by atoms with E-state index in [9.17, 15) is 0 Å². The summed E-state index contributed by atoms with van der Waals surface area (Å²) in [4.78, 5) is 0. The second kappa shape index (κ2) is 6.76. The fourth-order valence-corrected chi connectivity index (χ4v) is 2.26. The molecular formula is C11H16O2Si. The SMILES string of the molecule is CCOC(OCC)[Si]c1ccccc1. The lowest BCUT2D eigenvalue weighted by Gasteiger charge is -2.15. The maximum Gasteiger partial charge on any atom is 0.157 e. The van der Waals surface area contributed by atoms with Crippen LogP contribution >= 0.6 is 0 Å². The minimum absolute atomic E-state index is 0.0765. The van der Waals surface area contributed by atoms with Crippen LogP contribution in [0.3, 0.4) is 0 Å². The quantitative estimate of drug-likeness (QED) is 0.519. The molecule has 0 bridgehead atoms. The molecule has 3 heteroatoms. The molecule has 2 nitrogen and oxygen atoms in total. The number of hydrogen-bond donors (Lipinski definition) is 0. The molecule has 0 atom stereocenters. The average molecular weight is 208 g/mol. The first kappa shape index (κ1) is 11.4. The fraction of sp³-hybridized carbons (Fsp3) is 0.455. The van der Waals surface area contributed by atoms with Gasteiger partial charge < -0.3 is 9.47 Å². The molecule has 0 saturated heterocycles. The van der Waals surface area contributed by atoms with E-state index in [1.165, 1.54) is 5.19 Å². The first-order valence-electron chi connectivity index (χ1n) is 4.91. The zero-order chi connectivity index (χ0) is 10.2. The summed E-state index contributed by atoms with van der Waals surface area (Å²) in [6.45, 7) is 5.37. The molecule has 76 valence electrons. The van der Waals surface area contributed by atoms with Gasteiger partial charge in [0.15, 0.2) is 9.52 Å². The van der Waals surface area contributed by atoms with Crippen LogP contribution in [-0.2, 0) is 9.47 Å². The summed E-state index contributed by atoms with van der Waals surface area (Å²) < 4.78 is 11.0. The molecule has 0 amide bonds. The van der Waals surface area contributed by atoms with Crippen LogP contribution in [0.1, 0.15) is 13.8 Å². The van der Waals surface area contributed by atoms with Crippen molar-refractivity contribution in [1.82, 2.24) is 0 Å². The summed E-state index contributed by atoms with van der Waals surface area (Å²) in [7, 11) is 0.565. The van der Waals surface area contributed by atoms with Crippen LogP contribution in [0.25, 0.3) is 0 Å². The number of rotatable bonds is 6. The third kappa shape index (κ3) is 4.04. The van der Waals surface area contributed by atoms with Gasteiger partial charge in [-0.2, -0.15) is 0 Å². The Labute approximate surface area is 88.1 Å². The second-order valence-electron chi connectivity index (χ2n) is 2.75. The van der Waals surface area contributed by atoms with Gasteiger partial charge in [0.05, 0.1) is 0 Å². The number of hydrogen-bond acceptors (Lipinski definition) is 2. The Morgan fingerprint density at radius 1 is 1.07 bits per heavy atom. The van der Waals surface area contributed by atoms with Crippen molar-refractivity contribution in [3.63, 3.8) is 0 Å². The maximum atomic E-state index is 5.48. The van der Waals surface area contributed by atoms with Crippen molar-refractivity contribution in [2.75, 3.05) is 13.2 Å². The summed E-state index contributed by atoms with van der Waals surface area (Å²) in [6.07, 6.45) is 0. The first-order chi connectivity index (χ1) is 6.86. The largest absolute Gasteiger partial charge is 0.357 e. The lowest BCUT2D eigenvalue weighted by Crippen LogP contribution is -2.32. The molecule has 0 spiro atoms. The van der Waals surface area contributed by atoms with Crippen LogP contribution in [0, 0.1) is 0 Å². The molecule has 0 heterocycles. The molecule has 0 unspecified atom stereocenters. The van der Waals surface area contributed by atoms with E-state index in [-0.39, 0.29) is 5.91 Å². The van der Waals surface area contributed by atoms with Crippen molar-refractivity contribution >= 4 is 14.7 Å². The van der Waals surface area contributed by atoms with Crippen LogP contribution < -0.4 is 5.19 Å². The second-order valence-corrected chi connectivity index (χ2v) is 4.09. The fourth-order valence-electron chi connectivity index (χ4n) is 1.10. The lowest BCUT2D eigenvalue weighted by molar-refractivity contribution is -0.0817. The molecule has 0 aliphatic carbocycles. The minimum Gasteiger partial charge on any atom is -0.357 e. The summed E-state index contributed by atoms with van der Waals surface area (Å²) >= 11 is 0. The molecule has 1 aromatic carbocycles. The molecular weight excluding hydrogens is 192 g/mol. The van der Waals surface area contributed by atoms with Gasteiger partial charge in [0.1, 0.15) is 5.91 Å². The molecule has 0 aliphatic rings. The van der Waals surface area contributed by atoms with E-state index in [1.807, 2.05) is 32.0 Å². The van der Waals surface area contributed by atoms with Crippen LogP contribution in [-0.4, -0.2) is 28.6 Å². The molecule has 0 fully saturated rings. The van der Waals surface area contributed by atoms with Gasteiger partial charge in [0.25, 0.3) is 0 Å². The monoisotopic (exact) mass is 208 g/mol. The molecule has 1 rings (SSSR count). The van der Waals surface area contributed by atoms with E-state index in [1.54, 1.807) is 0 Å². The maximum absolute atomic E-state index is 5.48. The van der Waals surface area contributed by atoms with Gasteiger partial charge in [-0.15, -0.1) is 0 Å². The van der Waals surface area contributed by atoms with E-state index in [0.717, 1.165) is 0 Å². The Balaban J connectivity index is 2.46. The molecule has 0 saturated carbocycles. The highest BCUT2D eigenvalue weighted by Gasteiger charge is 2.09. The van der Waals surface area contributed by atoms with Gasteiger partial charge in [0.2, 0.25) is 0 Å². The zero-order valence-corrected chi connectivity index (χ0v) is 9.69. The third-order valence-electron chi connectivity index (χ3n) is 1.69. The van der Waals surface area contributed by atoms with E-state index < -0.39 is 0 Å². The minimum atomic E-state index is -0.0765. The summed E-state index contributed by atoms with van der Waals surface area (Å²) in [5, 5.41) is 1.28. The highest BCUT2D eigenvalue weighted by Crippen LogP contribution is 1.93. The molecule has 0 aliphatic heterocycles. The average Bonchev–Trinajstić information content (AvgIpc) is 2.20. The van der Waals surface area contributed by atoms with Crippen molar-refractivity contribution < 1.29 is 9.47 Å². The van der Waals surface area contributed by atoms with Gasteiger partial charge in [-0.25, -0.2) is 0 Å². The van der Waals surface area contributed by atoms with Crippen molar-refractivity contribution in [3.05, 3.63) is 30.3 Å². The van der Waals surface area contributed by atoms with Crippen molar-refractivity contribution in [2.45, 2.75) is 19.8 Å². The predicted octanol–water partition coefficient (Wildman–Crippen LogP) is 1.37. The molecule has 1 aromatic rings. The normalized spacial score (nSPS) is 10.8. The molecule has 14 heavy (non-hydrogen) atoms. The Kier molecular flexibility index (Phi) is 5.52. The predicted molar refractivity (Wildman–Crippen MR) is 58.9 cm³/mol. The smallest absolute Gasteiger partial charge is 0.157 e. The first-order valence-corrected chi connectivity index (χ1v) is 5.99. The van der Waals surface area contributed by atoms with E-state index in [2.05, 4.69) is 12.1 Å². The summed E-state index contributed by atoms with van der Waals surface area (Å²) in [5.74, 6) is -0.0765. The Bertz CT molecular complexity index is 232.